The van der Waals surface area contributed by atoms with Crippen LogP contribution in [0.4, 0.5) is 0 Å². The summed E-state index contributed by atoms with van der Waals surface area (Å²) in [5.41, 5.74) is 0.938. The molecule has 1 saturated heterocycles. The zero-order chi connectivity index (χ0) is 22.3. The van der Waals surface area contributed by atoms with Crippen LogP contribution in [0.5, 0.6) is 0 Å². The van der Waals surface area contributed by atoms with E-state index in [1.165, 1.54) is 0 Å². The highest BCUT2D eigenvalue weighted by Gasteiger charge is 2.25. The largest absolute Gasteiger partial charge is 0.379 e. The number of hydrogen-bond donors (Lipinski definition) is 1. The number of carbonyl (C=O) groups excluding carboxylic acids is 1. The highest BCUT2D eigenvalue weighted by Crippen LogP contribution is 2.25. The van der Waals surface area contributed by atoms with E-state index in [1.807, 2.05) is 36.7 Å². The Hall–Kier alpha value is -1.90. The molecule has 1 aromatic heterocycles. The minimum Gasteiger partial charge on any atom is -0.379 e. The van der Waals surface area contributed by atoms with Gasteiger partial charge in [0, 0.05) is 56.3 Å². The molecule has 1 aliphatic rings. The Morgan fingerprint density at radius 1 is 1.13 bits per heavy atom. The van der Waals surface area contributed by atoms with Gasteiger partial charge in [-0.15, -0.1) is 0 Å². The number of rotatable bonds is 10. The Morgan fingerprint density at radius 3 is 2.58 bits per heavy atom. The van der Waals surface area contributed by atoms with E-state index in [0.29, 0.717) is 44.1 Å². The standard InChI is InChI=1S/C23H35N3O4S/c1-19(2)30-17-7-12-24-23(27)11-16-25-15-10-20-18-21(8-9-22(20)25)31(28,29)26-13-5-3-4-6-14-26/h8-10,15,18-19H,3-7,11-14,16-17H2,1-2H3,(H,24,27). The molecule has 0 atom stereocenters. The molecule has 0 spiro atoms. The molecule has 8 heteroatoms. The van der Waals surface area contributed by atoms with Gasteiger partial charge in [0.1, 0.15) is 0 Å². The molecular weight excluding hydrogens is 414 g/mol. The molecule has 1 N–H and O–H groups in total. The fraction of sp³-hybridized carbons (Fsp3) is 0.609. The molecular formula is C23H35N3O4S. The highest BCUT2D eigenvalue weighted by molar-refractivity contribution is 7.89. The van der Waals surface area contributed by atoms with Crippen molar-refractivity contribution in [1.29, 1.82) is 0 Å². The number of aryl methyl sites for hydroxylation is 1. The maximum atomic E-state index is 13.0. The molecule has 2 heterocycles. The Morgan fingerprint density at radius 2 is 1.87 bits per heavy atom. The van der Waals surface area contributed by atoms with Crippen LogP contribution in [-0.2, 0) is 26.1 Å². The maximum Gasteiger partial charge on any atom is 0.243 e. The Kier molecular flexibility index (Phi) is 8.51. The van der Waals surface area contributed by atoms with Gasteiger partial charge in [-0.2, -0.15) is 4.31 Å². The molecule has 0 aliphatic carbocycles. The van der Waals surface area contributed by atoms with Crippen LogP contribution < -0.4 is 5.32 Å². The van der Waals surface area contributed by atoms with E-state index in [1.54, 1.807) is 16.4 Å². The molecule has 172 valence electrons. The lowest BCUT2D eigenvalue weighted by Crippen LogP contribution is -2.31. The summed E-state index contributed by atoms with van der Waals surface area (Å²) in [5, 5.41) is 3.80. The van der Waals surface area contributed by atoms with Crippen LogP contribution >= 0.6 is 0 Å². The van der Waals surface area contributed by atoms with E-state index in [4.69, 9.17) is 4.74 Å². The first kappa shape index (κ1) is 23.8. The summed E-state index contributed by atoms with van der Waals surface area (Å²) in [6, 6.07) is 7.20. The molecule has 0 unspecified atom stereocenters. The van der Waals surface area contributed by atoms with E-state index >= 15 is 0 Å². The van der Waals surface area contributed by atoms with E-state index in [2.05, 4.69) is 5.32 Å². The van der Waals surface area contributed by atoms with Crippen molar-refractivity contribution in [2.24, 2.45) is 0 Å². The molecule has 1 aliphatic heterocycles. The lowest BCUT2D eigenvalue weighted by Gasteiger charge is -2.20. The van der Waals surface area contributed by atoms with Gasteiger partial charge in [-0.3, -0.25) is 4.79 Å². The number of sulfonamides is 1. The average Bonchev–Trinajstić information content (AvgIpc) is 2.94. The zero-order valence-electron chi connectivity index (χ0n) is 18.7. The molecule has 31 heavy (non-hydrogen) atoms. The average molecular weight is 450 g/mol. The molecule has 7 nitrogen and oxygen atoms in total. The van der Waals surface area contributed by atoms with Crippen LogP contribution in [0.25, 0.3) is 10.9 Å². The quantitative estimate of drug-likeness (QED) is 0.563. The second-order valence-electron chi connectivity index (χ2n) is 8.42. The monoisotopic (exact) mass is 449 g/mol. The van der Waals surface area contributed by atoms with Crippen molar-refractivity contribution >= 4 is 26.8 Å². The number of amides is 1. The Labute approximate surface area is 185 Å². The van der Waals surface area contributed by atoms with Crippen LogP contribution in [0.1, 0.15) is 52.4 Å². The molecule has 2 aromatic rings. The number of benzene rings is 1. The summed E-state index contributed by atoms with van der Waals surface area (Å²) < 4.78 is 35.2. The van der Waals surface area contributed by atoms with E-state index in [0.717, 1.165) is 43.0 Å². The van der Waals surface area contributed by atoms with Crippen LogP contribution in [-0.4, -0.2) is 55.5 Å². The third kappa shape index (κ3) is 6.54. The van der Waals surface area contributed by atoms with Gasteiger partial charge in [0.05, 0.1) is 11.0 Å². The van der Waals surface area contributed by atoms with Gasteiger partial charge in [0.25, 0.3) is 0 Å². The van der Waals surface area contributed by atoms with Gasteiger partial charge < -0.3 is 14.6 Å². The molecule has 0 radical (unpaired) electrons. The number of carbonyl (C=O) groups is 1. The van der Waals surface area contributed by atoms with E-state index in [-0.39, 0.29) is 12.0 Å². The predicted molar refractivity (Wildman–Crippen MR) is 122 cm³/mol. The van der Waals surface area contributed by atoms with Crippen molar-refractivity contribution in [3.63, 3.8) is 0 Å². The number of aromatic nitrogens is 1. The summed E-state index contributed by atoms with van der Waals surface area (Å²) in [4.78, 5) is 12.5. The fourth-order valence-corrected chi connectivity index (χ4v) is 5.45. The number of nitrogens with one attached hydrogen (secondary N) is 1. The lowest BCUT2D eigenvalue weighted by molar-refractivity contribution is -0.121. The Bertz CT molecular complexity index is 960. The maximum absolute atomic E-state index is 13.0. The van der Waals surface area contributed by atoms with Gasteiger partial charge in [-0.25, -0.2) is 8.42 Å². The summed E-state index contributed by atoms with van der Waals surface area (Å²) in [6.07, 6.45) is 7.32. The molecule has 0 bridgehead atoms. The topological polar surface area (TPSA) is 80.6 Å². The first-order valence-electron chi connectivity index (χ1n) is 11.4. The van der Waals surface area contributed by atoms with Crippen molar-refractivity contribution in [2.75, 3.05) is 26.2 Å². The zero-order valence-corrected chi connectivity index (χ0v) is 19.5. The minimum absolute atomic E-state index is 0.00626. The first-order valence-corrected chi connectivity index (χ1v) is 12.8. The van der Waals surface area contributed by atoms with Crippen molar-refractivity contribution < 1.29 is 17.9 Å². The third-order valence-corrected chi connectivity index (χ3v) is 7.51. The molecule has 1 fully saturated rings. The highest BCUT2D eigenvalue weighted by atomic mass is 32.2. The number of nitrogens with zero attached hydrogens (tertiary/aromatic N) is 2. The van der Waals surface area contributed by atoms with Crippen LogP contribution in [0.3, 0.4) is 0 Å². The molecule has 1 amide bonds. The molecule has 0 saturated carbocycles. The van der Waals surface area contributed by atoms with Gasteiger partial charge in [-0.05, 0) is 57.4 Å². The summed E-state index contributed by atoms with van der Waals surface area (Å²) >= 11 is 0. The lowest BCUT2D eigenvalue weighted by atomic mass is 10.2. The predicted octanol–water partition coefficient (Wildman–Crippen LogP) is 3.53. The van der Waals surface area contributed by atoms with Gasteiger partial charge in [-0.1, -0.05) is 12.8 Å². The third-order valence-electron chi connectivity index (χ3n) is 5.62. The van der Waals surface area contributed by atoms with Crippen molar-refractivity contribution in [1.82, 2.24) is 14.2 Å². The smallest absolute Gasteiger partial charge is 0.243 e. The SMILES string of the molecule is CC(C)OCCCNC(=O)CCn1ccc2cc(S(=O)(=O)N3CCCCCC3)ccc21. The number of fused-ring (bicyclic) bond motifs is 1. The molecule has 3 rings (SSSR count). The normalized spacial score (nSPS) is 16.0. The summed E-state index contributed by atoms with van der Waals surface area (Å²) in [7, 11) is -3.46. The second kappa shape index (κ2) is 11.1. The first-order chi connectivity index (χ1) is 14.9. The summed E-state index contributed by atoms with van der Waals surface area (Å²) in [6.45, 7) is 6.98. The Balaban J connectivity index is 1.57. The number of hydrogen-bond acceptors (Lipinski definition) is 4. The van der Waals surface area contributed by atoms with Crippen LogP contribution in [0.15, 0.2) is 35.4 Å². The fourth-order valence-electron chi connectivity index (χ4n) is 3.89. The van der Waals surface area contributed by atoms with Crippen molar-refractivity contribution in [3.8, 4) is 0 Å². The second-order valence-corrected chi connectivity index (χ2v) is 10.4. The van der Waals surface area contributed by atoms with Crippen molar-refractivity contribution in [3.05, 3.63) is 30.5 Å². The van der Waals surface area contributed by atoms with E-state index < -0.39 is 10.0 Å². The van der Waals surface area contributed by atoms with Crippen LogP contribution in [0.2, 0.25) is 0 Å². The van der Waals surface area contributed by atoms with E-state index in [9.17, 15) is 13.2 Å². The number of ether oxygens (including phenoxy) is 1. The summed E-state index contributed by atoms with van der Waals surface area (Å²) in [5.74, 6) is 0.00626. The van der Waals surface area contributed by atoms with Gasteiger partial charge in [0.2, 0.25) is 15.9 Å². The van der Waals surface area contributed by atoms with Crippen LogP contribution in [0, 0.1) is 0 Å². The minimum atomic E-state index is -3.46. The molecule has 1 aromatic carbocycles. The van der Waals surface area contributed by atoms with Gasteiger partial charge >= 0.3 is 0 Å². The van der Waals surface area contributed by atoms with Gasteiger partial charge in [0.15, 0.2) is 0 Å². The van der Waals surface area contributed by atoms with Crippen molar-refractivity contribution in [2.45, 2.75) is 69.9 Å².